The lowest BCUT2D eigenvalue weighted by Gasteiger charge is -2.05. The predicted molar refractivity (Wildman–Crippen MR) is 77.9 cm³/mol. The average molecular weight is 228 g/mol. The molecule has 0 bridgehead atoms. The number of hydrogen-bond donors (Lipinski definition) is 0. The van der Waals surface area contributed by atoms with Gasteiger partial charge in [0.2, 0.25) is 0 Å². The van der Waals surface area contributed by atoms with Gasteiger partial charge in [0, 0.05) is 0 Å². The molecule has 0 heteroatoms. The first-order chi connectivity index (χ1) is 8.36. The lowest BCUT2D eigenvalue weighted by molar-refractivity contribution is 0.690. The summed E-state index contributed by atoms with van der Waals surface area (Å²) in [5, 5.41) is 0. The van der Waals surface area contributed by atoms with E-state index in [0.717, 1.165) is 0 Å². The molecule has 0 spiro atoms. The van der Waals surface area contributed by atoms with Crippen molar-refractivity contribution < 1.29 is 0 Å². The fourth-order valence-electron chi connectivity index (χ4n) is 1.83. The molecule has 0 saturated heterocycles. The van der Waals surface area contributed by atoms with E-state index in [1.807, 2.05) is 0 Å². The van der Waals surface area contributed by atoms with Crippen molar-refractivity contribution in [3.63, 3.8) is 0 Å². The molecular formula is C17H24. The Morgan fingerprint density at radius 1 is 1.00 bits per heavy atom. The standard InChI is InChI=1S/C17H24/c1-3-5-7-11-16(10-4-2)14-15-17-12-8-6-9-13-17/h6-9,11-16H,3-5,10H2,1-2H3. The second-order valence-electron chi connectivity index (χ2n) is 4.44. The molecule has 1 aromatic carbocycles. The van der Waals surface area contributed by atoms with Gasteiger partial charge in [-0.3, -0.25) is 0 Å². The summed E-state index contributed by atoms with van der Waals surface area (Å²) in [5.41, 5.74) is 1.29. The van der Waals surface area contributed by atoms with Gasteiger partial charge in [0.25, 0.3) is 0 Å². The molecule has 0 fully saturated rings. The maximum absolute atomic E-state index is 2.35. The number of unbranched alkanes of at least 4 members (excludes halogenated alkanes) is 1. The van der Waals surface area contributed by atoms with Crippen LogP contribution in [-0.2, 0) is 0 Å². The van der Waals surface area contributed by atoms with Gasteiger partial charge in [0.05, 0.1) is 0 Å². The van der Waals surface area contributed by atoms with Crippen molar-refractivity contribution in [3.8, 4) is 0 Å². The van der Waals surface area contributed by atoms with Gasteiger partial charge in [-0.2, -0.15) is 0 Å². The highest BCUT2D eigenvalue weighted by molar-refractivity contribution is 5.49. The highest BCUT2D eigenvalue weighted by atomic mass is 14.0. The predicted octanol–water partition coefficient (Wildman–Crippen LogP) is 5.47. The molecule has 0 aliphatic heterocycles. The SMILES string of the molecule is CCCC=CC(C=Cc1ccccc1)CCC. The smallest absolute Gasteiger partial charge is 0.00503 e. The first-order valence-corrected chi connectivity index (χ1v) is 6.76. The number of hydrogen-bond acceptors (Lipinski definition) is 0. The zero-order valence-corrected chi connectivity index (χ0v) is 11.1. The third-order valence-corrected chi connectivity index (χ3v) is 2.80. The number of benzene rings is 1. The Bertz CT molecular complexity index is 332. The normalized spacial score (nSPS) is 13.5. The van der Waals surface area contributed by atoms with Crippen LogP contribution in [0.15, 0.2) is 48.6 Å². The summed E-state index contributed by atoms with van der Waals surface area (Å²) in [5.74, 6) is 0.590. The van der Waals surface area contributed by atoms with Crippen molar-refractivity contribution >= 4 is 6.08 Å². The molecular weight excluding hydrogens is 204 g/mol. The molecule has 1 atom stereocenters. The zero-order valence-electron chi connectivity index (χ0n) is 11.1. The Balaban J connectivity index is 2.56. The van der Waals surface area contributed by atoms with Gasteiger partial charge in [0.15, 0.2) is 0 Å². The highest BCUT2D eigenvalue weighted by Gasteiger charge is 1.97. The van der Waals surface area contributed by atoms with Crippen LogP contribution >= 0.6 is 0 Å². The van der Waals surface area contributed by atoms with E-state index in [0.29, 0.717) is 5.92 Å². The monoisotopic (exact) mass is 228 g/mol. The van der Waals surface area contributed by atoms with Crippen LogP contribution in [-0.4, -0.2) is 0 Å². The molecule has 0 N–H and O–H groups in total. The summed E-state index contributed by atoms with van der Waals surface area (Å²) < 4.78 is 0. The molecule has 0 aliphatic rings. The molecule has 0 amide bonds. The number of rotatable bonds is 7. The molecule has 1 aromatic rings. The van der Waals surface area contributed by atoms with Crippen molar-refractivity contribution in [1.82, 2.24) is 0 Å². The second-order valence-corrected chi connectivity index (χ2v) is 4.44. The van der Waals surface area contributed by atoms with Crippen LogP contribution in [0.3, 0.4) is 0 Å². The summed E-state index contributed by atoms with van der Waals surface area (Å²) in [6.45, 7) is 4.47. The molecule has 0 nitrogen and oxygen atoms in total. The maximum Gasteiger partial charge on any atom is -0.00503 e. The summed E-state index contributed by atoms with van der Waals surface area (Å²) in [7, 11) is 0. The largest absolute Gasteiger partial charge is 0.0880 e. The van der Waals surface area contributed by atoms with E-state index in [2.05, 4.69) is 68.5 Å². The van der Waals surface area contributed by atoms with Crippen LogP contribution in [0.4, 0.5) is 0 Å². The Labute approximate surface area is 106 Å². The highest BCUT2D eigenvalue weighted by Crippen LogP contribution is 2.13. The molecule has 1 rings (SSSR count). The van der Waals surface area contributed by atoms with Gasteiger partial charge >= 0.3 is 0 Å². The first-order valence-electron chi connectivity index (χ1n) is 6.76. The summed E-state index contributed by atoms with van der Waals surface area (Å²) in [4.78, 5) is 0. The fourth-order valence-corrected chi connectivity index (χ4v) is 1.83. The van der Waals surface area contributed by atoms with Crippen molar-refractivity contribution in [2.75, 3.05) is 0 Å². The molecule has 92 valence electrons. The Hall–Kier alpha value is -1.30. The van der Waals surface area contributed by atoms with Gasteiger partial charge in [-0.1, -0.05) is 81.3 Å². The van der Waals surface area contributed by atoms with Crippen molar-refractivity contribution in [2.45, 2.75) is 39.5 Å². The zero-order chi connectivity index (χ0) is 12.3. The van der Waals surface area contributed by atoms with Gasteiger partial charge < -0.3 is 0 Å². The third kappa shape index (κ3) is 6.11. The van der Waals surface area contributed by atoms with Crippen molar-refractivity contribution in [2.24, 2.45) is 5.92 Å². The topological polar surface area (TPSA) is 0 Å². The van der Waals surface area contributed by atoms with Gasteiger partial charge in [-0.05, 0) is 24.3 Å². The molecule has 0 saturated carbocycles. The summed E-state index contributed by atoms with van der Waals surface area (Å²) in [6.07, 6.45) is 14.1. The first kappa shape index (κ1) is 13.8. The second kappa shape index (κ2) is 8.81. The Morgan fingerprint density at radius 3 is 2.41 bits per heavy atom. The van der Waals surface area contributed by atoms with Crippen LogP contribution in [0, 0.1) is 5.92 Å². The minimum Gasteiger partial charge on any atom is -0.0880 e. The number of allylic oxidation sites excluding steroid dienone is 3. The molecule has 17 heavy (non-hydrogen) atoms. The van der Waals surface area contributed by atoms with E-state index in [1.54, 1.807) is 0 Å². The van der Waals surface area contributed by atoms with E-state index >= 15 is 0 Å². The van der Waals surface area contributed by atoms with E-state index < -0.39 is 0 Å². The van der Waals surface area contributed by atoms with Crippen molar-refractivity contribution in [3.05, 3.63) is 54.1 Å². The Morgan fingerprint density at radius 2 is 1.76 bits per heavy atom. The average Bonchev–Trinajstić information content (AvgIpc) is 2.37. The van der Waals surface area contributed by atoms with E-state index in [1.165, 1.54) is 31.2 Å². The van der Waals surface area contributed by atoms with Crippen LogP contribution in [0.5, 0.6) is 0 Å². The summed E-state index contributed by atoms with van der Waals surface area (Å²) >= 11 is 0. The van der Waals surface area contributed by atoms with E-state index in [-0.39, 0.29) is 0 Å². The van der Waals surface area contributed by atoms with Crippen LogP contribution < -0.4 is 0 Å². The molecule has 0 aliphatic carbocycles. The van der Waals surface area contributed by atoms with Crippen LogP contribution in [0.1, 0.15) is 45.1 Å². The quantitative estimate of drug-likeness (QED) is 0.543. The van der Waals surface area contributed by atoms with E-state index in [9.17, 15) is 0 Å². The van der Waals surface area contributed by atoms with Crippen LogP contribution in [0.25, 0.3) is 6.08 Å². The molecule has 0 radical (unpaired) electrons. The van der Waals surface area contributed by atoms with Gasteiger partial charge in [0.1, 0.15) is 0 Å². The lowest BCUT2D eigenvalue weighted by Crippen LogP contribution is -1.90. The molecule has 0 heterocycles. The maximum atomic E-state index is 2.35. The van der Waals surface area contributed by atoms with Gasteiger partial charge in [-0.15, -0.1) is 0 Å². The van der Waals surface area contributed by atoms with Crippen molar-refractivity contribution in [1.29, 1.82) is 0 Å². The minimum absolute atomic E-state index is 0.590. The van der Waals surface area contributed by atoms with Gasteiger partial charge in [-0.25, -0.2) is 0 Å². The minimum atomic E-state index is 0.590. The molecule has 0 aromatic heterocycles. The third-order valence-electron chi connectivity index (χ3n) is 2.80. The van der Waals surface area contributed by atoms with Crippen LogP contribution in [0.2, 0.25) is 0 Å². The molecule has 1 unspecified atom stereocenters. The summed E-state index contributed by atoms with van der Waals surface area (Å²) in [6, 6.07) is 10.5. The van der Waals surface area contributed by atoms with E-state index in [4.69, 9.17) is 0 Å². The Kier molecular flexibility index (Phi) is 7.13. The fraction of sp³-hybridized carbons (Fsp3) is 0.412. The lowest BCUT2D eigenvalue weighted by atomic mass is 10.0.